The summed E-state index contributed by atoms with van der Waals surface area (Å²) in [5.41, 5.74) is 5.13. The molecule has 2 heterocycles. The molecule has 2 aliphatic heterocycles. The third kappa shape index (κ3) is 3.98. The van der Waals surface area contributed by atoms with Gasteiger partial charge in [0.1, 0.15) is 12.4 Å². The van der Waals surface area contributed by atoms with Crippen LogP contribution in [0.5, 0.6) is 5.75 Å². The minimum absolute atomic E-state index is 0.0139. The van der Waals surface area contributed by atoms with Crippen LogP contribution in [0, 0.1) is 0 Å². The summed E-state index contributed by atoms with van der Waals surface area (Å²) in [7, 11) is 1.65. The number of ether oxygens (including phenoxy) is 2. The second kappa shape index (κ2) is 8.72. The minimum Gasteiger partial charge on any atom is -0.497 e. The van der Waals surface area contributed by atoms with Crippen molar-refractivity contribution in [2.45, 2.75) is 55.7 Å². The quantitative estimate of drug-likeness (QED) is 0.533. The summed E-state index contributed by atoms with van der Waals surface area (Å²) in [5, 5.41) is 11.5. The molecule has 2 unspecified atom stereocenters. The molecule has 2 fully saturated rings. The van der Waals surface area contributed by atoms with Crippen molar-refractivity contribution in [3.05, 3.63) is 89.5 Å². The summed E-state index contributed by atoms with van der Waals surface area (Å²) in [5.74, 6) is 0.851. The topological polar surface area (TPSA) is 59.0 Å². The van der Waals surface area contributed by atoms with Crippen molar-refractivity contribution in [1.29, 1.82) is 0 Å². The summed E-state index contributed by atoms with van der Waals surface area (Å²) in [4.78, 5) is 15.2. The van der Waals surface area contributed by atoms with Crippen LogP contribution in [0.4, 0.5) is 4.79 Å². The van der Waals surface area contributed by atoms with Crippen LogP contribution >= 0.6 is 0 Å². The fourth-order valence-electron chi connectivity index (χ4n) is 6.60. The highest BCUT2D eigenvalue weighted by Crippen LogP contribution is 2.46. The molecule has 2 saturated heterocycles. The second-order valence-corrected chi connectivity index (χ2v) is 10.3. The van der Waals surface area contributed by atoms with E-state index >= 15 is 0 Å². The first-order chi connectivity index (χ1) is 17.0. The van der Waals surface area contributed by atoms with Gasteiger partial charge in [-0.3, -0.25) is 0 Å². The van der Waals surface area contributed by atoms with Crippen molar-refractivity contribution in [3.8, 4) is 16.9 Å². The van der Waals surface area contributed by atoms with Crippen molar-refractivity contribution in [3.63, 3.8) is 0 Å². The van der Waals surface area contributed by atoms with Crippen LogP contribution in [0.2, 0.25) is 0 Å². The van der Waals surface area contributed by atoms with Crippen LogP contribution in [-0.2, 0) is 11.2 Å². The lowest BCUT2D eigenvalue weighted by Gasteiger charge is -2.43. The molecule has 1 amide bonds. The SMILES string of the molecule is COc1cccc(CC2(O)CC3CCC(C2)N3C(=O)OCC2c3ccccc3-c3ccccc32)c1. The molecule has 2 atom stereocenters. The van der Waals surface area contributed by atoms with Gasteiger partial charge in [-0.05, 0) is 65.6 Å². The molecular formula is C30H31NO4. The number of amides is 1. The molecule has 180 valence electrons. The lowest BCUT2D eigenvalue weighted by atomic mass is 9.81. The molecule has 35 heavy (non-hydrogen) atoms. The maximum absolute atomic E-state index is 13.3. The maximum Gasteiger partial charge on any atom is 0.410 e. The van der Waals surface area contributed by atoms with Gasteiger partial charge in [-0.1, -0.05) is 60.7 Å². The van der Waals surface area contributed by atoms with E-state index in [2.05, 4.69) is 36.4 Å². The van der Waals surface area contributed by atoms with Gasteiger partial charge < -0.3 is 19.5 Å². The zero-order valence-corrected chi connectivity index (χ0v) is 20.0. The number of benzene rings is 3. The van der Waals surface area contributed by atoms with Crippen molar-refractivity contribution in [2.24, 2.45) is 0 Å². The van der Waals surface area contributed by atoms with Gasteiger partial charge >= 0.3 is 6.09 Å². The molecule has 0 aromatic heterocycles. The number of fused-ring (bicyclic) bond motifs is 5. The van der Waals surface area contributed by atoms with E-state index in [0.717, 1.165) is 24.2 Å². The van der Waals surface area contributed by atoms with Gasteiger partial charge in [-0.2, -0.15) is 0 Å². The van der Waals surface area contributed by atoms with E-state index in [9.17, 15) is 9.90 Å². The normalized spacial score (nSPS) is 24.7. The van der Waals surface area contributed by atoms with Gasteiger partial charge in [0.2, 0.25) is 0 Å². The molecule has 0 saturated carbocycles. The van der Waals surface area contributed by atoms with E-state index in [1.54, 1.807) is 7.11 Å². The Labute approximate surface area is 206 Å². The summed E-state index contributed by atoms with van der Waals surface area (Å²) in [6.07, 6.45) is 3.29. The van der Waals surface area contributed by atoms with Crippen molar-refractivity contribution in [1.82, 2.24) is 4.90 Å². The molecule has 1 N–H and O–H groups in total. The zero-order chi connectivity index (χ0) is 24.0. The van der Waals surface area contributed by atoms with E-state index in [4.69, 9.17) is 9.47 Å². The predicted molar refractivity (Wildman–Crippen MR) is 135 cm³/mol. The van der Waals surface area contributed by atoms with Gasteiger partial charge in [-0.15, -0.1) is 0 Å². The smallest absolute Gasteiger partial charge is 0.410 e. The fraction of sp³-hybridized carbons (Fsp3) is 0.367. The van der Waals surface area contributed by atoms with Crippen LogP contribution in [-0.4, -0.2) is 47.5 Å². The van der Waals surface area contributed by atoms with E-state index < -0.39 is 5.60 Å². The van der Waals surface area contributed by atoms with Crippen molar-refractivity contribution >= 4 is 6.09 Å². The Balaban J connectivity index is 1.14. The van der Waals surface area contributed by atoms with Crippen LogP contribution < -0.4 is 4.74 Å². The molecule has 5 nitrogen and oxygen atoms in total. The third-order valence-corrected chi connectivity index (χ3v) is 8.07. The molecule has 1 aliphatic carbocycles. The van der Waals surface area contributed by atoms with Crippen LogP contribution in [0.3, 0.4) is 0 Å². The van der Waals surface area contributed by atoms with E-state index in [0.29, 0.717) is 25.9 Å². The Morgan fingerprint density at radius 2 is 1.57 bits per heavy atom. The first kappa shape index (κ1) is 22.2. The molecule has 2 bridgehead atoms. The standard InChI is InChI=1S/C30H31NO4/c1-34-23-8-6-7-20(15-23)16-30(33)17-21-13-14-22(18-30)31(21)29(32)35-19-28-26-11-4-2-9-24(26)25-10-3-5-12-27(25)28/h2-12,15,21-22,28,33H,13-14,16-19H2,1H3. The summed E-state index contributed by atoms with van der Waals surface area (Å²) >= 11 is 0. The number of aliphatic hydroxyl groups is 1. The molecule has 0 spiro atoms. The van der Waals surface area contributed by atoms with Gasteiger partial charge in [0, 0.05) is 24.4 Å². The van der Waals surface area contributed by atoms with Crippen molar-refractivity contribution in [2.75, 3.05) is 13.7 Å². The first-order valence-electron chi connectivity index (χ1n) is 12.5. The van der Waals surface area contributed by atoms with E-state index in [1.165, 1.54) is 22.3 Å². The Kier molecular flexibility index (Phi) is 5.53. The number of piperidine rings is 1. The number of carbonyl (C=O) groups is 1. The molecule has 0 radical (unpaired) electrons. The van der Waals surface area contributed by atoms with Crippen LogP contribution in [0.15, 0.2) is 72.8 Å². The molecular weight excluding hydrogens is 438 g/mol. The van der Waals surface area contributed by atoms with E-state index in [-0.39, 0.29) is 24.1 Å². The summed E-state index contributed by atoms with van der Waals surface area (Å²) in [6.45, 7) is 0.330. The highest BCUT2D eigenvalue weighted by molar-refractivity contribution is 5.79. The Bertz CT molecular complexity index is 1190. The number of hydrogen-bond acceptors (Lipinski definition) is 4. The summed E-state index contributed by atoms with van der Waals surface area (Å²) in [6, 6.07) is 24.7. The highest BCUT2D eigenvalue weighted by atomic mass is 16.6. The number of methoxy groups -OCH3 is 1. The van der Waals surface area contributed by atoms with E-state index in [1.807, 2.05) is 41.3 Å². The number of nitrogens with zero attached hydrogens (tertiary/aromatic N) is 1. The largest absolute Gasteiger partial charge is 0.497 e. The average molecular weight is 470 g/mol. The lowest BCUT2D eigenvalue weighted by molar-refractivity contribution is -0.0479. The van der Waals surface area contributed by atoms with Crippen molar-refractivity contribution < 1.29 is 19.4 Å². The Morgan fingerprint density at radius 1 is 0.943 bits per heavy atom. The molecule has 6 rings (SSSR count). The molecule has 3 aliphatic rings. The average Bonchev–Trinajstić information content (AvgIpc) is 3.35. The molecule has 3 aromatic rings. The third-order valence-electron chi connectivity index (χ3n) is 8.07. The molecule has 3 aromatic carbocycles. The Morgan fingerprint density at radius 3 is 2.20 bits per heavy atom. The number of carbonyl (C=O) groups excluding carboxylic acids is 1. The number of rotatable bonds is 5. The predicted octanol–water partition coefficient (Wildman–Crippen LogP) is 5.54. The first-order valence-corrected chi connectivity index (χ1v) is 12.5. The van der Waals surface area contributed by atoms with Crippen LogP contribution in [0.25, 0.3) is 11.1 Å². The van der Waals surface area contributed by atoms with Crippen LogP contribution in [0.1, 0.15) is 48.3 Å². The lowest BCUT2D eigenvalue weighted by Crippen LogP contribution is -2.54. The second-order valence-electron chi connectivity index (χ2n) is 10.3. The van der Waals surface area contributed by atoms with Gasteiger partial charge in [0.25, 0.3) is 0 Å². The maximum atomic E-state index is 13.3. The monoisotopic (exact) mass is 469 g/mol. The van der Waals surface area contributed by atoms with Gasteiger partial charge in [0.05, 0.1) is 12.7 Å². The minimum atomic E-state index is -0.821. The number of hydrogen-bond donors (Lipinski definition) is 1. The Hall–Kier alpha value is -3.31. The summed E-state index contributed by atoms with van der Waals surface area (Å²) < 4.78 is 11.3. The highest BCUT2D eigenvalue weighted by Gasteiger charge is 2.50. The van der Waals surface area contributed by atoms with Gasteiger partial charge in [0.15, 0.2) is 0 Å². The zero-order valence-electron chi connectivity index (χ0n) is 20.0. The molecule has 5 heteroatoms. The fourth-order valence-corrected chi connectivity index (χ4v) is 6.60. The van der Waals surface area contributed by atoms with Gasteiger partial charge in [-0.25, -0.2) is 4.79 Å².